The van der Waals surface area contributed by atoms with Crippen molar-refractivity contribution >= 4 is 12.4 Å². The highest BCUT2D eigenvalue weighted by Gasteiger charge is 2.38. The van der Waals surface area contributed by atoms with E-state index >= 15 is 0 Å². The maximum Gasteiger partial charge on any atom is 0.153 e. The van der Waals surface area contributed by atoms with Crippen LogP contribution in [0.3, 0.4) is 0 Å². The van der Waals surface area contributed by atoms with E-state index in [4.69, 9.17) is 0 Å². The molecule has 1 aliphatic heterocycles. The largest absolute Gasteiger partial charge is 0.373 e. The Morgan fingerprint density at radius 2 is 1.58 bits per heavy atom. The first kappa shape index (κ1) is 19.3. The molecule has 1 aromatic rings. The van der Waals surface area contributed by atoms with Crippen molar-refractivity contribution in [2.45, 2.75) is 57.0 Å². The molecular formula is C21H30ClNO. The molecule has 2 nitrogen and oxygen atoms in total. The lowest BCUT2D eigenvalue weighted by Crippen LogP contribution is -2.33. The SMILES string of the molecule is Cl.OC(C#CCN1CCCCCC1)(c1ccccc1)C1CCCC1. The van der Waals surface area contributed by atoms with E-state index < -0.39 is 5.60 Å². The van der Waals surface area contributed by atoms with Crippen molar-refractivity contribution in [3.8, 4) is 11.8 Å². The molecule has 24 heavy (non-hydrogen) atoms. The van der Waals surface area contributed by atoms with Gasteiger partial charge in [0.15, 0.2) is 5.60 Å². The second kappa shape index (κ2) is 9.47. The predicted octanol–water partition coefficient (Wildman–Crippen LogP) is 4.37. The number of halogens is 1. The monoisotopic (exact) mass is 347 g/mol. The highest BCUT2D eigenvalue weighted by Crippen LogP contribution is 2.40. The number of likely N-dealkylation sites (tertiary alicyclic amines) is 1. The molecule has 132 valence electrons. The molecular weight excluding hydrogens is 318 g/mol. The molecule has 1 saturated carbocycles. The fraction of sp³-hybridized carbons (Fsp3) is 0.619. The lowest BCUT2D eigenvalue weighted by molar-refractivity contribution is 0.0367. The predicted molar refractivity (Wildman–Crippen MR) is 102 cm³/mol. The molecule has 1 aromatic carbocycles. The third-order valence-corrected chi connectivity index (χ3v) is 5.44. The van der Waals surface area contributed by atoms with Crippen molar-refractivity contribution in [2.75, 3.05) is 19.6 Å². The Hall–Kier alpha value is -1.01. The zero-order chi connectivity index (χ0) is 16.0. The van der Waals surface area contributed by atoms with Gasteiger partial charge >= 0.3 is 0 Å². The van der Waals surface area contributed by atoms with Gasteiger partial charge in [-0.1, -0.05) is 67.9 Å². The third-order valence-electron chi connectivity index (χ3n) is 5.44. The Morgan fingerprint density at radius 3 is 2.21 bits per heavy atom. The molecule has 2 aliphatic rings. The summed E-state index contributed by atoms with van der Waals surface area (Å²) in [4.78, 5) is 2.44. The second-order valence-corrected chi connectivity index (χ2v) is 7.11. The van der Waals surface area contributed by atoms with Gasteiger partial charge < -0.3 is 5.11 Å². The molecule has 1 unspecified atom stereocenters. The van der Waals surface area contributed by atoms with Crippen LogP contribution in [0.1, 0.15) is 56.9 Å². The first-order valence-electron chi connectivity index (χ1n) is 9.29. The Morgan fingerprint density at radius 1 is 0.958 bits per heavy atom. The maximum absolute atomic E-state index is 11.4. The van der Waals surface area contributed by atoms with Crippen LogP contribution in [0.25, 0.3) is 0 Å². The Kier molecular flexibility index (Phi) is 7.62. The van der Waals surface area contributed by atoms with E-state index in [1.807, 2.05) is 30.3 Å². The number of aliphatic hydroxyl groups is 1. The highest BCUT2D eigenvalue weighted by molar-refractivity contribution is 5.85. The zero-order valence-corrected chi connectivity index (χ0v) is 15.4. The molecule has 1 saturated heterocycles. The maximum atomic E-state index is 11.4. The van der Waals surface area contributed by atoms with Crippen LogP contribution in [-0.2, 0) is 5.60 Å². The average molecular weight is 348 g/mol. The Balaban J connectivity index is 0.00000208. The molecule has 2 fully saturated rings. The standard InChI is InChI=1S/C21H29NO.ClH/c23-21(20-13-6-7-14-20,19-11-4-3-5-12-19)15-10-18-22-16-8-1-2-9-17-22;/h3-5,11-12,20,23H,1-2,6-9,13-14,16-18H2;1H. The van der Waals surface area contributed by atoms with Crippen molar-refractivity contribution < 1.29 is 5.11 Å². The first-order chi connectivity index (χ1) is 11.3. The lowest BCUT2D eigenvalue weighted by Gasteiger charge is -2.29. The Labute approximate surface area is 153 Å². The van der Waals surface area contributed by atoms with Crippen LogP contribution in [0.15, 0.2) is 30.3 Å². The molecule has 0 bridgehead atoms. The summed E-state index contributed by atoms with van der Waals surface area (Å²) in [6.07, 6.45) is 9.87. The van der Waals surface area contributed by atoms with E-state index in [1.54, 1.807) is 0 Å². The van der Waals surface area contributed by atoms with Gasteiger partial charge in [0.2, 0.25) is 0 Å². The minimum atomic E-state index is -0.969. The van der Waals surface area contributed by atoms with Crippen LogP contribution in [0, 0.1) is 17.8 Å². The zero-order valence-electron chi connectivity index (χ0n) is 14.5. The summed E-state index contributed by atoms with van der Waals surface area (Å²) in [7, 11) is 0. The summed E-state index contributed by atoms with van der Waals surface area (Å²) in [5, 5.41) is 11.4. The van der Waals surface area contributed by atoms with Crippen LogP contribution in [-0.4, -0.2) is 29.6 Å². The average Bonchev–Trinajstić information content (AvgIpc) is 3.02. The minimum absolute atomic E-state index is 0. The summed E-state index contributed by atoms with van der Waals surface area (Å²) in [6, 6.07) is 10.1. The quantitative estimate of drug-likeness (QED) is 0.821. The van der Waals surface area contributed by atoms with Gasteiger partial charge in [-0.3, -0.25) is 4.90 Å². The second-order valence-electron chi connectivity index (χ2n) is 7.11. The minimum Gasteiger partial charge on any atom is -0.373 e. The van der Waals surface area contributed by atoms with Crippen LogP contribution < -0.4 is 0 Å². The van der Waals surface area contributed by atoms with Gasteiger partial charge in [0.1, 0.15) is 0 Å². The van der Waals surface area contributed by atoms with Crippen LogP contribution in [0.4, 0.5) is 0 Å². The van der Waals surface area contributed by atoms with Gasteiger partial charge in [-0.2, -0.15) is 0 Å². The summed E-state index contributed by atoms with van der Waals surface area (Å²) >= 11 is 0. The van der Waals surface area contributed by atoms with Crippen molar-refractivity contribution in [2.24, 2.45) is 5.92 Å². The molecule has 0 spiro atoms. The van der Waals surface area contributed by atoms with E-state index in [0.29, 0.717) is 0 Å². The van der Waals surface area contributed by atoms with Crippen molar-refractivity contribution in [3.63, 3.8) is 0 Å². The van der Waals surface area contributed by atoms with Gasteiger partial charge in [-0.05, 0) is 44.3 Å². The molecule has 1 aliphatic carbocycles. The summed E-state index contributed by atoms with van der Waals surface area (Å²) in [5.41, 5.74) is -0.000802. The number of hydrogen-bond donors (Lipinski definition) is 1. The summed E-state index contributed by atoms with van der Waals surface area (Å²) in [5.74, 6) is 6.89. The van der Waals surface area contributed by atoms with Gasteiger partial charge in [-0.15, -0.1) is 12.4 Å². The number of nitrogens with zero attached hydrogens (tertiary/aromatic N) is 1. The lowest BCUT2D eigenvalue weighted by atomic mass is 9.80. The molecule has 1 heterocycles. The molecule has 3 rings (SSSR count). The highest BCUT2D eigenvalue weighted by atomic mass is 35.5. The smallest absolute Gasteiger partial charge is 0.153 e. The van der Waals surface area contributed by atoms with Gasteiger partial charge in [0, 0.05) is 5.92 Å². The molecule has 0 amide bonds. The van der Waals surface area contributed by atoms with Crippen LogP contribution >= 0.6 is 12.4 Å². The van der Waals surface area contributed by atoms with Crippen LogP contribution in [0.5, 0.6) is 0 Å². The van der Waals surface area contributed by atoms with Crippen LogP contribution in [0.2, 0.25) is 0 Å². The summed E-state index contributed by atoms with van der Waals surface area (Å²) < 4.78 is 0. The van der Waals surface area contributed by atoms with E-state index in [-0.39, 0.29) is 18.3 Å². The van der Waals surface area contributed by atoms with Crippen molar-refractivity contribution in [1.82, 2.24) is 4.90 Å². The fourth-order valence-corrected chi connectivity index (χ4v) is 4.03. The first-order valence-corrected chi connectivity index (χ1v) is 9.29. The number of benzene rings is 1. The summed E-state index contributed by atoms with van der Waals surface area (Å²) in [6.45, 7) is 3.10. The van der Waals surface area contributed by atoms with E-state index in [0.717, 1.165) is 38.0 Å². The normalized spacial score (nSPS) is 21.9. The molecule has 1 N–H and O–H groups in total. The number of hydrogen-bond acceptors (Lipinski definition) is 2. The molecule has 1 atom stereocenters. The molecule has 0 radical (unpaired) electrons. The fourth-order valence-electron chi connectivity index (χ4n) is 4.03. The third kappa shape index (κ3) is 4.76. The van der Waals surface area contributed by atoms with Gasteiger partial charge in [0.25, 0.3) is 0 Å². The molecule has 3 heteroatoms. The Bertz CT molecular complexity index is 536. The van der Waals surface area contributed by atoms with E-state index in [1.165, 1.54) is 38.5 Å². The van der Waals surface area contributed by atoms with Gasteiger partial charge in [-0.25, -0.2) is 0 Å². The number of rotatable bonds is 3. The van der Waals surface area contributed by atoms with Crippen molar-refractivity contribution in [1.29, 1.82) is 0 Å². The topological polar surface area (TPSA) is 23.5 Å². The van der Waals surface area contributed by atoms with E-state index in [2.05, 4.69) is 16.7 Å². The molecule has 0 aromatic heterocycles. The van der Waals surface area contributed by atoms with Crippen molar-refractivity contribution in [3.05, 3.63) is 35.9 Å². The van der Waals surface area contributed by atoms with E-state index in [9.17, 15) is 5.11 Å². The van der Waals surface area contributed by atoms with Gasteiger partial charge in [0.05, 0.1) is 6.54 Å².